The Morgan fingerprint density at radius 3 is 2.60 bits per heavy atom. The zero-order valence-electron chi connectivity index (χ0n) is 14.2. The third-order valence-corrected chi connectivity index (χ3v) is 6.54. The van der Waals surface area contributed by atoms with Crippen LogP contribution in [0.3, 0.4) is 0 Å². The summed E-state index contributed by atoms with van der Waals surface area (Å²) < 4.78 is 32.0. The first kappa shape index (κ1) is 18.3. The van der Waals surface area contributed by atoms with E-state index >= 15 is 0 Å². The van der Waals surface area contributed by atoms with E-state index in [2.05, 4.69) is 10.6 Å². The molecule has 1 amide bonds. The molecule has 0 spiro atoms. The van der Waals surface area contributed by atoms with Gasteiger partial charge in [-0.2, -0.15) is 4.31 Å². The van der Waals surface area contributed by atoms with E-state index in [1.807, 2.05) is 0 Å². The predicted octanol–water partition coefficient (Wildman–Crippen LogP) is 0.334. The molecule has 0 aromatic heterocycles. The fourth-order valence-corrected chi connectivity index (χ4v) is 4.73. The number of benzene rings is 1. The fourth-order valence-electron chi connectivity index (χ4n) is 3.24. The maximum absolute atomic E-state index is 12.6. The van der Waals surface area contributed by atoms with Crippen LogP contribution in [0.2, 0.25) is 0 Å². The number of carbonyl (C=O) groups excluding carboxylic acids is 1. The van der Waals surface area contributed by atoms with Gasteiger partial charge in [-0.05, 0) is 25.0 Å². The monoisotopic (exact) mass is 367 g/mol. The maximum atomic E-state index is 12.6. The van der Waals surface area contributed by atoms with Crippen molar-refractivity contribution in [3.05, 3.63) is 30.3 Å². The molecular weight excluding hydrogens is 342 g/mol. The molecule has 2 fully saturated rings. The Balaban J connectivity index is 1.47. The highest BCUT2D eigenvalue weighted by molar-refractivity contribution is 7.89. The first-order valence-corrected chi connectivity index (χ1v) is 10.2. The molecule has 7 nitrogen and oxygen atoms in total. The first-order valence-electron chi connectivity index (χ1n) is 8.71. The molecule has 2 aliphatic rings. The van der Waals surface area contributed by atoms with Gasteiger partial charge >= 0.3 is 0 Å². The summed E-state index contributed by atoms with van der Waals surface area (Å²) >= 11 is 0. The average molecular weight is 367 g/mol. The van der Waals surface area contributed by atoms with Crippen molar-refractivity contribution in [3.8, 4) is 0 Å². The van der Waals surface area contributed by atoms with Gasteiger partial charge < -0.3 is 15.4 Å². The number of rotatable bonds is 5. The molecule has 1 aromatic rings. The number of nitrogens with one attached hydrogen (secondary N) is 2. The molecule has 3 rings (SSSR count). The van der Waals surface area contributed by atoms with Crippen molar-refractivity contribution in [2.75, 3.05) is 32.8 Å². The zero-order valence-corrected chi connectivity index (χ0v) is 15.0. The van der Waals surface area contributed by atoms with Gasteiger partial charge in [0.25, 0.3) is 0 Å². The van der Waals surface area contributed by atoms with Gasteiger partial charge in [-0.15, -0.1) is 0 Å². The number of piperidine rings is 1. The summed E-state index contributed by atoms with van der Waals surface area (Å²) in [6, 6.07) is 8.57. The second-order valence-corrected chi connectivity index (χ2v) is 8.43. The summed E-state index contributed by atoms with van der Waals surface area (Å²) in [7, 11) is -3.44. The first-order chi connectivity index (χ1) is 12.1. The second-order valence-electron chi connectivity index (χ2n) is 6.49. The molecule has 1 atom stereocenters. The van der Waals surface area contributed by atoms with Crippen LogP contribution in [0.25, 0.3) is 0 Å². The van der Waals surface area contributed by atoms with Crippen LogP contribution in [-0.4, -0.2) is 63.6 Å². The lowest BCUT2D eigenvalue weighted by atomic mass is 10.1. The summed E-state index contributed by atoms with van der Waals surface area (Å²) in [4.78, 5) is 12.5. The highest BCUT2D eigenvalue weighted by atomic mass is 32.2. The van der Waals surface area contributed by atoms with Crippen LogP contribution in [0.4, 0.5) is 0 Å². The lowest BCUT2D eigenvalue weighted by Crippen LogP contribution is -2.49. The van der Waals surface area contributed by atoms with E-state index in [9.17, 15) is 13.2 Å². The summed E-state index contributed by atoms with van der Waals surface area (Å²) in [5.41, 5.74) is 0. The molecule has 2 heterocycles. The normalized spacial score (nSPS) is 23.3. The van der Waals surface area contributed by atoms with Crippen LogP contribution in [0.5, 0.6) is 0 Å². The van der Waals surface area contributed by atoms with Crippen molar-refractivity contribution in [1.82, 2.24) is 14.9 Å². The minimum atomic E-state index is -3.44. The average Bonchev–Trinajstić information content (AvgIpc) is 2.63. The molecular formula is C17H25N3O4S. The van der Waals surface area contributed by atoms with Gasteiger partial charge in [-0.25, -0.2) is 8.42 Å². The largest absolute Gasteiger partial charge is 0.378 e. The second kappa shape index (κ2) is 8.27. The zero-order chi connectivity index (χ0) is 17.7. The van der Waals surface area contributed by atoms with Crippen molar-refractivity contribution in [2.24, 2.45) is 0 Å². The van der Waals surface area contributed by atoms with Gasteiger partial charge in [-0.1, -0.05) is 18.2 Å². The number of sulfonamides is 1. The predicted molar refractivity (Wildman–Crippen MR) is 93.6 cm³/mol. The molecule has 2 N–H and O–H groups in total. The number of hydrogen-bond donors (Lipinski definition) is 2. The molecule has 1 aromatic carbocycles. The van der Waals surface area contributed by atoms with Gasteiger partial charge in [0.1, 0.15) is 0 Å². The third-order valence-electron chi connectivity index (χ3n) is 4.63. The molecule has 138 valence electrons. The summed E-state index contributed by atoms with van der Waals surface area (Å²) in [5, 5.41) is 6.28. The van der Waals surface area contributed by atoms with Crippen LogP contribution in [-0.2, 0) is 19.6 Å². The maximum Gasteiger partial charge on any atom is 0.243 e. The van der Waals surface area contributed by atoms with Gasteiger partial charge in [0.2, 0.25) is 15.9 Å². The van der Waals surface area contributed by atoms with Crippen molar-refractivity contribution in [3.63, 3.8) is 0 Å². The van der Waals surface area contributed by atoms with E-state index in [4.69, 9.17) is 4.74 Å². The number of carbonyl (C=O) groups is 1. The molecule has 0 bridgehead atoms. The van der Waals surface area contributed by atoms with E-state index in [0.717, 1.165) is 6.54 Å². The smallest absolute Gasteiger partial charge is 0.243 e. The Morgan fingerprint density at radius 2 is 1.96 bits per heavy atom. The van der Waals surface area contributed by atoms with Crippen LogP contribution >= 0.6 is 0 Å². The van der Waals surface area contributed by atoms with Crippen molar-refractivity contribution in [1.29, 1.82) is 0 Å². The Labute approximate surface area is 148 Å². The SMILES string of the molecule is O=C(C[C@@H]1COCCN1)NC1CCN(S(=O)(=O)c2ccccc2)CC1. The minimum Gasteiger partial charge on any atom is -0.378 e. The Hall–Kier alpha value is -1.48. The van der Waals surface area contributed by atoms with E-state index in [0.29, 0.717) is 50.5 Å². The molecule has 0 unspecified atom stereocenters. The van der Waals surface area contributed by atoms with Crippen molar-refractivity contribution in [2.45, 2.75) is 36.2 Å². The molecule has 25 heavy (non-hydrogen) atoms. The van der Waals surface area contributed by atoms with Crippen LogP contribution in [0.1, 0.15) is 19.3 Å². The fraction of sp³-hybridized carbons (Fsp3) is 0.588. The Kier molecular flexibility index (Phi) is 6.06. The van der Waals surface area contributed by atoms with E-state index in [1.165, 1.54) is 4.31 Å². The molecule has 8 heteroatoms. The highest BCUT2D eigenvalue weighted by Gasteiger charge is 2.30. The number of ether oxygens (including phenoxy) is 1. The number of nitrogens with zero attached hydrogens (tertiary/aromatic N) is 1. The molecule has 0 saturated carbocycles. The van der Waals surface area contributed by atoms with Crippen LogP contribution < -0.4 is 10.6 Å². The molecule has 2 saturated heterocycles. The van der Waals surface area contributed by atoms with Gasteiger partial charge in [0.05, 0.1) is 18.1 Å². The summed E-state index contributed by atoms with van der Waals surface area (Å²) in [6.45, 7) is 2.86. The Bertz CT molecular complexity index is 666. The van der Waals surface area contributed by atoms with Crippen LogP contribution in [0.15, 0.2) is 35.2 Å². The van der Waals surface area contributed by atoms with Gasteiger partial charge in [0.15, 0.2) is 0 Å². The van der Waals surface area contributed by atoms with E-state index in [-0.39, 0.29) is 18.0 Å². The van der Waals surface area contributed by atoms with Gasteiger partial charge in [0, 0.05) is 38.1 Å². The van der Waals surface area contributed by atoms with Crippen molar-refractivity contribution >= 4 is 15.9 Å². The van der Waals surface area contributed by atoms with Crippen molar-refractivity contribution < 1.29 is 17.9 Å². The quantitative estimate of drug-likeness (QED) is 0.783. The summed E-state index contributed by atoms with van der Waals surface area (Å²) in [6.07, 6.45) is 1.65. The van der Waals surface area contributed by atoms with Gasteiger partial charge in [-0.3, -0.25) is 4.79 Å². The highest BCUT2D eigenvalue weighted by Crippen LogP contribution is 2.20. The van der Waals surface area contributed by atoms with Crippen LogP contribution in [0, 0.1) is 0 Å². The number of hydrogen-bond acceptors (Lipinski definition) is 5. The number of amides is 1. The Morgan fingerprint density at radius 1 is 1.24 bits per heavy atom. The lowest BCUT2D eigenvalue weighted by molar-refractivity contribution is -0.123. The number of morpholine rings is 1. The molecule has 0 aliphatic carbocycles. The third kappa shape index (κ3) is 4.78. The topological polar surface area (TPSA) is 87.7 Å². The minimum absolute atomic E-state index is 0.00707. The standard InChI is InChI=1S/C17H25N3O4S/c21-17(12-15-13-24-11-8-18-15)19-14-6-9-20(10-7-14)25(22,23)16-4-2-1-3-5-16/h1-5,14-15,18H,6-13H2,(H,19,21)/t15-/m1/s1. The molecule has 0 radical (unpaired) electrons. The van der Waals surface area contributed by atoms with E-state index < -0.39 is 10.0 Å². The summed E-state index contributed by atoms with van der Waals surface area (Å²) in [5.74, 6) is -0.00707. The lowest BCUT2D eigenvalue weighted by Gasteiger charge is -2.32. The molecule has 2 aliphatic heterocycles. The van der Waals surface area contributed by atoms with E-state index in [1.54, 1.807) is 30.3 Å².